The Labute approximate surface area is 185 Å². The van der Waals surface area contributed by atoms with Gasteiger partial charge in [-0.3, -0.25) is 10.2 Å². The number of H-pyrrole nitrogens is 2. The van der Waals surface area contributed by atoms with Crippen LogP contribution in [0.5, 0.6) is 5.75 Å². The van der Waals surface area contributed by atoms with E-state index in [1.165, 1.54) is 0 Å². The fourth-order valence-electron chi connectivity index (χ4n) is 4.87. The van der Waals surface area contributed by atoms with Crippen molar-refractivity contribution in [2.24, 2.45) is 0 Å². The molecule has 0 aliphatic carbocycles. The first kappa shape index (κ1) is 18.9. The molecule has 6 rings (SSSR count). The van der Waals surface area contributed by atoms with E-state index in [-0.39, 0.29) is 0 Å². The van der Waals surface area contributed by atoms with Gasteiger partial charge in [0.1, 0.15) is 12.4 Å². The van der Waals surface area contributed by atoms with Gasteiger partial charge in [-0.1, -0.05) is 12.1 Å². The quantitative estimate of drug-likeness (QED) is 0.475. The molecule has 1 saturated heterocycles. The highest BCUT2D eigenvalue weighted by molar-refractivity contribution is 6.00. The van der Waals surface area contributed by atoms with Crippen molar-refractivity contribution in [3.63, 3.8) is 0 Å². The third-order valence-electron chi connectivity index (χ3n) is 6.58. The van der Waals surface area contributed by atoms with Gasteiger partial charge in [0.25, 0.3) is 0 Å². The lowest BCUT2D eigenvalue weighted by Crippen LogP contribution is -2.56. The summed E-state index contributed by atoms with van der Waals surface area (Å²) >= 11 is 0. The first-order chi connectivity index (χ1) is 15.6. The fraction of sp³-hybridized carbons (Fsp3) is 0.292. The molecule has 0 saturated carbocycles. The van der Waals surface area contributed by atoms with Gasteiger partial charge in [0.05, 0.1) is 35.7 Å². The van der Waals surface area contributed by atoms with Crippen LogP contribution in [0.2, 0.25) is 0 Å². The molecule has 2 aliphatic heterocycles. The van der Waals surface area contributed by atoms with Crippen molar-refractivity contribution in [3.05, 3.63) is 53.6 Å². The molecule has 4 aromatic rings. The van der Waals surface area contributed by atoms with Crippen LogP contribution in [-0.2, 0) is 0 Å². The maximum Gasteiger partial charge on any atom is 0.197 e. The van der Waals surface area contributed by atoms with Crippen LogP contribution in [0.3, 0.4) is 0 Å². The minimum Gasteiger partial charge on any atom is -0.489 e. The average molecular weight is 425 g/mol. The Morgan fingerprint density at radius 2 is 2.06 bits per heavy atom. The maximum atomic E-state index is 7.63. The Kier molecular flexibility index (Phi) is 4.20. The summed E-state index contributed by atoms with van der Waals surface area (Å²) in [6.45, 7) is 13.4. The molecule has 0 bridgehead atoms. The van der Waals surface area contributed by atoms with Crippen molar-refractivity contribution in [2.45, 2.75) is 13.0 Å². The first-order valence-corrected chi connectivity index (χ1v) is 10.7. The summed E-state index contributed by atoms with van der Waals surface area (Å²) in [5.74, 6) is 0.906. The molecule has 160 valence electrons. The van der Waals surface area contributed by atoms with Gasteiger partial charge in [0.15, 0.2) is 5.69 Å². The number of nitrogens with zero attached hydrogens (tertiary/aromatic N) is 5. The van der Waals surface area contributed by atoms with Crippen LogP contribution < -0.4 is 9.64 Å². The lowest BCUT2D eigenvalue weighted by atomic mass is 9.99. The van der Waals surface area contributed by atoms with Crippen LogP contribution in [0.4, 0.5) is 11.4 Å². The summed E-state index contributed by atoms with van der Waals surface area (Å²) in [6, 6.07) is 10.7. The number of fused-ring (bicyclic) bond motifs is 4. The summed E-state index contributed by atoms with van der Waals surface area (Å²) in [7, 11) is 2.16. The van der Waals surface area contributed by atoms with E-state index in [0.29, 0.717) is 18.3 Å². The van der Waals surface area contributed by atoms with E-state index in [1.54, 1.807) is 6.20 Å². The minimum absolute atomic E-state index is 0.395. The number of aromatic nitrogens is 4. The van der Waals surface area contributed by atoms with Gasteiger partial charge in [-0.15, -0.1) is 0 Å². The highest BCUT2D eigenvalue weighted by Gasteiger charge is 2.32. The third kappa shape index (κ3) is 2.86. The van der Waals surface area contributed by atoms with Gasteiger partial charge in [0, 0.05) is 41.8 Å². The summed E-state index contributed by atoms with van der Waals surface area (Å²) < 4.78 is 6.17. The summed E-state index contributed by atoms with van der Waals surface area (Å²) in [5, 5.41) is 15.8. The molecular weight excluding hydrogens is 402 g/mol. The second kappa shape index (κ2) is 7.11. The Balaban J connectivity index is 1.44. The molecule has 0 spiro atoms. The normalized spacial score (nSPS) is 18.2. The molecule has 1 fully saturated rings. The topological polar surface area (TPSA) is 77.4 Å². The van der Waals surface area contributed by atoms with Crippen molar-refractivity contribution in [2.75, 3.05) is 38.2 Å². The molecule has 2 aromatic carbocycles. The smallest absolute Gasteiger partial charge is 0.197 e. The molecule has 2 N–H and O–H groups in total. The molecule has 4 heterocycles. The number of nitrogens with one attached hydrogen (secondary N) is 2. The van der Waals surface area contributed by atoms with Crippen LogP contribution in [-0.4, -0.2) is 64.6 Å². The molecule has 0 amide bonds. The molecule has 2 aliphatic rings. The lowest BCUT2D eigenvalue weighted by molar-refractivity contribution is 0.188. The minimum atomic E-state index is 0.395. The zero-order valence-corrected chi connectivity index (χ0v) is 18.0. The Bertz CT molecular complexity index is 1380. The number of hydrogen-bond donors (Lipinski definition) is 2. The van der Waals surface area contributed by atoms with Crippen molar-refractivity contribution < 1.29 is 4.74 Å². The van der Waals surface area contributed by atoms with E-state index in [2.05, 4.69) is 60.3 Å². The highest BCUT2D eigenvalue weighted by Crippen LogP contribution is 2.41. The number of rotatable bonds is 2. The van der Waals surface area contributed by atoms with Gasteiger partial charge in [-0.25, -0.2) is 4.85 Å². The van der Waals surface area contributed by atoms with E-state index >= 15 is 0 Å². The predicted octanol–water partition coefficient (Wildman–Crippen LogP) is 3.99. The molecule has 2 aromatic heterocycles. The number of likely N-dealkylation sites (N-methyl/N-ethyl adjacent to an activating group) is 1. The van der Waals surface area contributed by atoms with Crippen molar-refractivity contribution >= 4 is 22.3 Å². The fourth-order valence-corrected chi connectivity index (χ4v) is 4.87. The number of anilines is 1. The van der Waals surface area contributed by atoms with Crippen LogP contribution in [0.25, 0.3) is 38.1 Å². The molecule has 8 heteroatoms. The van der Waals surface area contributed by atoms with Crippen LogP contribution in [0, 0.1) is 13.5 Å². The molecule has 0 radical (unpaired) electrons. The highest BCUT2D eigenvalue weighted by atomic mass is 16.5. The molecule has 32 heavy (non-hydrogen) atoms. The zero-order chi connectivity index (χ0) is 21.8. The standard InChI is InChI=1S/C24H23N7O/c1-14-19(11-26-27-14)17-9-18-21(10-20(17)25-2)28-29-24(18)15-4-5-22-23(8-15)32-13-16-12-30(3)6-7-31(16)22/h4-5,8-11,16H,6-7,12-13H2,1,3H3,(H,26,27)(H,28,29). The van der Waals surface area contributed by atoms with Crippen LogP contribution >= 0.6 is 0 Å². The van der Waals surface area contributed by atoms with Crippen LogP contribution in [0.1, 0.15) is 5.69 Å². The third-order valence-corrected chi connectivity index (χ3v) is 6.58. The van der Waals surface area contributed by atoms with Gasteiger partial charge >= 0.3 is 0 Å². The number of aromatic amines is 2. The number of aryl methyl sites for hydroxylation is 1. The molecule has 1 unspecified atom stereocenters. The lowest BCUT2D eigenvalue weighted by Gasteiger charge is -2.44. The monoisotopic (exact) mass is 425 g/mol. The van der Waals surface area contributed by atoms with Crippen molar-refractivity contribution in [1.82, 2.24) is 25.3 Å². The second-order valence-electron chi connectivity index (χ2n) is 8.61. The Morgan fingerprint density at radius 1 is 1.16 bits per heavy atom. The van der Waals surface area contributed by atoms with E-state index < -0.39 is 0 Å². The average Bonchev–Trinajstić information content (AvgIpc) is 3.42. The van der Waals surface area contributed by atoms with Gasteiger partial charge in [-0.05, 0) is 37.7 Å². The molecular formula is C24H23N7O. The Morgan fingerprint density at radius 3 is 2.88 bits per heavy atom. The largest absolute Gasteiger partial charge is 0.489 e. The van der Waals surface area contributed by atoms with Gasteiger partial charge in [-0.2, -0.15) is 10.2 Å². The predicted molar refractivity (Wildman–Crippen MR) is 124 cm³/mol. The number of benzene rings is 2. The summed E-state index contributed by atoms with van der Waals surface area (Å²) in [4.78, 5) is 8.56. The summed E-state index contributed by atoms with van der Waals surface area (Å²) in [6.07, 6.45) is 1.77. The van der Waals surface area contributed by atoms with Gasteiger partial charge in [0.2, 0.25) is 0 Å². The van der Waals surface area contributed by atoms with E-state index in [4.69, 9.17) is 11.3 Å². The van der Waals surface area contributed by atoms with E-state index in [1.807, 2.05) is 19.1 Å². The summed E-state index contributed by atoms with van der Waals surface area (Å²) in [5.41, 5.74) is 7.14. The van der Waals surface area contributed by atoms with Gasteiger partial charge < -0.3 is 14.5 Å². The Hall–Kier alpha value is -3.83. The SMILES string of the molecule is [C-]#[N+]c1cc2[nH]nc(-c3ccc4c(c3)OCC3CN(C)CCN43)c2cc1-c1cn[nH]c1C. The second-order valence-corrected chi connectivity index (χ2v) is 8.61. The van der Waals surface area contributed by atoms with E-state index in [0.717, 1.165) is 70.1 Å². The zero-order valence-electron chi connectivity index (χ0n) is 18.0. The maximum absolute atomic E-state index is 7.63. The van der Waals surface area contributed by atoms with Crippen molar-refractivity contribution in [1.29, 1.82) is 0 Å². The van der Waals surface area contributed by atoms with E-state index in [9.17, 15) is 0 Å². The first-order valence-electron chi connectivity index (χ1n) is 10.7. The van der Waals surface area contributed by atoms with Crippen LogP contribution in [0.15, 0.2) is 36.5 Å². The number of ether oxygens (including phenoxy) is 1. The molecule has 8 nitrogen and oxygen atoms in total. The molecule has 1 atom stereocenters. The number of hydrogen-bond acceptors (Lipinski definition) is 5. The number of piperazine rings is 1. The van der Waals surface area contributed by atoms with Crippen molar-refractivity contribution in [3.8, 4) is 28.1 Å².